The fraction of sp³-hybridized carbons (Fsp3) is 0.571. The molecule has 2 aromatic rings. The summed E-state index contributed by atoms with van der Waals surface area (Å²) in [5, 5.41) is 4.04. The molecule has 1 aliphatic rings. The molecule has 1 aliphatic carbocycles. The highest BCUT2D eigenvalue weighted by Crippen LogP contribution is 2.24. The molecule has 0 fully saturated rings. The monoisotopic (exact) mass is 497 g/mol. The van der Waals surface area contributed by atoms with Crippen LogP contribution in [0.2, 0.25) is 0 Å². The highest BCUT2D eigenvalue weighted by atomic mass is 32.2. The zero-order valence-corrected chi connectivity index (χ0v) is 22.4. The van der Waals surface area contributed by atoms with Crippen LogP contribution in [0, 0.1) is 5.41 Å². The van der Waals surface area contributed by atoms with Crippen LogP contribution < -0.4 is 10.9 Å². The zero-order chi connectivity index (χ0) is 25.4. The Kier molecular flexibility index (Phi) is 9.72. The van der Waals surface area contributed by atoms with Gasteiger partial charge in [-0.3, -0.25) is 19.0 Å². The van der Waals surface area contributed by atoms with Gasteiger partial charge < -0.3 is 5.32 Å². The Bertz CT molecular complexity index is 1140. The highest BCUT2D eigenvalue weighted by Gasteiger charge is 2.22. The van der Waals surface area contributed by atoms with Crippen LogP contribution in [0.4, 0.5) is 0 Å². The third-order valence-electron chi connectivity index (χ3n) is 6.45. The van der Waals surface area contributed by atoms with Crippen LogP contribution in [0.25, 0.3) is 10.9 Å². The number of aromatic nitrogens is 2. The minimum atomic E-state index is -0.448. The molecule has 0 unspecified atom stereocenters. The van der Waals surface area contributed by atoms with Crippen LogP contribution in [0.5, 0.6) is 0 Å². The van der Waals surface area contributed by atoms with Crippen molar-refractivity contribution >= 4 is 34.4 Å². The Morgan fingerprint density at radius 1 is 1.17 bits per heavy atom. The van der Waals surface area contributed by atoms with Gasteiger partial charge in [0.15, 0.2) is 5.16 Å². The van der Waals surface area contributed by atoms with Crippen molar-refractivity contribution in [1.82, 2.24) is 14.9 Å². The number of allylic oxidation sites excluding steroid dienone is 1. The number of benzene rings is 1. The van der Waals surface area contributed by atoms with E-state index >= 15 is 0 Å². The van der Waals surface area contributed by atoms with Gasteiger partial charge in [0.05, 0.1) is 16.7 Å². The van der Waals surface area contributed by atoms with Gasteiger partial charge in [-0.2, -0.15) is 0 Å². The molecule has 6 nitrogen and oxygen atoms in total. The molecule has 0 saturated heterocycles. The first-order valence-corrected chi connectivity index (χ1v) is 13.9. The molecule has 3 rings (SSSR count). The van der Waals surface area contributed by atoms with Crippen LogP contribution in [-0.4, -0.2) is 33.5 Å². The molecule has 1 aromatic heterocycles. The molecule has 0 bridgehead atoms. The van der Waals surface area contributed by atoms with Gasteiger partial charge in [0, 0.05) is 24.1 Å². The molecule has 190 valence electrons. The Balaban J connectivity index is 1.82. The number of unbranched alkanes of at least 4 members (excludes halogenated alkanes) is 2. The van der Waals surface area contributed by atoms with Gasteiger partial charge in [-0.05, 0) is 56.7 Å². The first-order chi connectivity index (χ1) is 16.7. The zero-order valence-electron chi connectivity index (χ0n) is 21.6. The van der Waals surface area contributed by atoms with E-state index in [1.807, 2.05) is 20.8 Å². The molecule has 1 N–H and O–H groups in total. The lowest BCUT2D eigenvalue weighted by Gasteiger charge is -2.17. The minimum absolute atomic E-state index is 0.109. The summed E-state index contributed by atoms with van der Waals surface area (Å²) in [6.45, 7) is 8.98. The lowest BCUT2D eigenvalue weighted by molar-refractivity contribution is -0.123. The molecule has 1 amide bonds. The third kappa shape index (κ3) is 7.53. The van der Waals surface area contributed by atoms with Crippen LogP contribution in [0.1, 0.15) is 89.4 Å². The van der Waals surface area contributed by atoms with E-state index in [0.717, 1.165) is 38.5 Å². The molecule has 0 aliphatic heterocycles. The standard InChI is InChI=1S/C28H39N3O3S/c1-5-6-10-17-31-26(34)22-14-13-21(25(33)29-16-15-20-11-8-7-9-12-20)18-23(22)30-27(31)35-19-24(32)28(2,3)4/h11,13-14,18H,5-10,12,15-17,19H2,1-4H3,(H,29,33). The average Bonchev–Trinajstić information content (AvgIpc) is 2.83. The number of carbonyl (C=O) groups is 2. The number of fused-ring (bicyclic) bond motifs is 1. The number of nitrogens with zero attached hydrogens (tertiary/aromatic N) is 2. The summed E-state index contributed by atoms with van der Waals surface area (Å²) >= 11 is 1.31. The van der Waals surface area contributed by atoms with Crippen molar-refractivity contribution in [3.05, 3.63) is 45.8 Å². The largest absolute Gasteiger partial charge is 0.352 e. The van der Waals surface area contributed by atoms with Gasteiger partial charge in [0.1, 0.15) is 5.78 Å². The highest BCUT2D eigenvalue weighted by molar-refractivity contribution is 7.99. The maximum atomic E-state index is 13.3. The molecule has 0 radical (unpaired) electrons. The van der Waals surface area contributed by atoms with Crippen molar-refractivity contribution in [3.8, 4) is 0 Å². The summed E-state index contributed by atoms with van der Waals surface area (Å²) in [6.07, 6.45) is 10.9. The topological polar surface area (TPSA) is 81.1 Å². The second-order valence-corrected chi connectivity index (χ2v) is 11.3. The fourth-order valence-electron chi connectivity index (χ4n) is 4.09. The normalized spacial score (nSPS) is 14.1. The molecular formula is C28H39N3O3S. The van der Waals surface area contributed by atoms with Gasteiger partial charge in [0.25, 0.3) is 11.5 Å². The first kappa shape index (κ1) is 27.2. The third-order valence-corrected chi connectivity index (χ3v) is 7.43. The lowest BCUT2D eigenvalue weighted by atomic mass is 9.92. The number of Topliss-reactive ketones (excluding diaryl/α,β-unsaturated/α-hetero) is 1. The second-order valence-electron chi connectivity index (χ2n) is 10.4. The van der Waals surface area contributed by atoms with E-state index in [-0.39, 0.29) is 23.0 Å². The Hall–Kier alpha value is -2.41. The van der Waals surface area contributed by atoms with Crippen LogP contribution in [0.3, 0.4) is 0 Å². The fourth-order valence-corrected chi connectivity index (χ4v) is 5.27. The Labute approximate surface area is 213 Å². The average molecular weight is 498 g/mol. The number of nitrogens with one attached hydrogen (secondary N) is 1. The Morgan fingerprint density at radius 3 is 2.66 bits per heavy atom. The molecule has 0 spiro atoms. The summed E-state index contributed by atoms with van der Waals surface area (Å²) in [5.74, 6) is 0.207. The van der Waals surface area contributed by atoms with Crippen molar-refractivity contribution in [2.24, 2.45) is 5.41 Å². The van der Waals surface area contributed by atoms with Gasteiger partial charge in [-0.15, -0.1) is 0 Å². The van der Waals surface area contributed by atoms with Crippen LogP contribution in [0.15, 0.2) is 39.8 Å². The molecule has 1 heterocycles. The first-order valence-electron chi connectivity index (χ1n) is 12.9. The summed E-state index contributed by atoms with van der Waals surface area (Å²) < 4.78 is 1.69. The summed E-state index contributed by atoms with van der Waals surface area (Å²) in [6, 6.07) is 5.10. The lowest BCUT2D eigenvalue weighted by Crippen LogP contribution is -2.27. The van der Waals surface area contributed by atoms with E-state index in [1.54, 1.807) is 22.8 Å². The van der Waals surface area contributed by atoms with Crippen molar-refractivity contribution < 1.29 is 9.59 Å². The van der Waals surface area contributed by atoms with E-state index in [1.165, 1.54) is 30.2 Å². The number of rotatable bonds is 11. The van der Waals surface area contributed by atoms with Crippen molar-refractivity contribution in [3.63, 3.8) is 0 Å². The number of carbonyl (C=O) groups excluding carboxylic acids is 2. The SMILES string of the molecule is CCCCCn1c(SCC(=O)C(C)(C)C)nc2cc(C(=O)NCCC3=CCCCC3)ccc2c1=O. The maximum absolute atomic E-state index is 13.3. The van der Waals surface area contributed by atoms with E-state index < -0.39 is 5.41 Å². The molecular weight excluding hydrogens is 458 g/mol. The molecule has 7 heteroatoms. The smallest absolute Gasteiger partial charge is 0.262 e. The van der Waals surface area contributed by atoms with Gasteiger partial charge >= 0.3 is 0 Å². The second kappa shape index (κ2) is 12.5. The predicted octanol–water partition coefficient (Wildman–Crippen LogP) is 5.91. The van der Waals surface area contributed by atoms with Crippen LogP contribution in [-0.2, 0) is 11.3 Å². The van der Waals surface area contributed by atoms with E-state index in [9.17, 15) is 14.4 Å². The van der Waals surface area contributed by atoms with E-state index in [4.69, 9.17) is 4.98 Å². The number of thioether (sulfide) groups is 1. The summed E-state index contributed by atoms with van der Waals surface area (Å²) in [5.41, 5.74) is 1.85. The number of amides is 1. The Morgan fingerprint density at radius 2 is 1.97 bits per heavy atom. The molecule has 1 aromatic carbocycles. The number of hydrogen-bond donors (Lipinski definition) is 1. The molecule has 0 saturated carbocycles. The summed E-state index contributed by atoms with van der Waals surface area (Å²) in [7, 11) is 0. The predicted molar refractivity (Wildman–Crippen MR) is 144 cm³/mol. The van der Waals surface area contributed by atoms with Gasteiger partial charge in [-0.1, -0.05) is 63.9 Å². The quantitative estimate of drug-likeness (QED) is 0.181. The number of hydrogen-bond acceptors (Lipinski definition) is 5. The molecule has 0 atom stereocenters. The van der Waals surface area contributed by atoms with E-state index in [2.05, 4.69) is 18.3 Å². The van der Waals surface area contributed by atoms with Gasteiger partial charge in [-0.25, -0.2) is 4.98 Å². The van der Waals surface area contributed by atoms with E-state index in [0.29, 0.717) is 34.7 Å². The number of ketones is 1. The van der Waals surface area contributed by atoms with Crippen molar-refractivity contribution in [1.29, 1.82) is 0 Å². The van der Waals surface area contributed by atoms with Crippen LogP contribution >= 0.6 is 11.8 Å². The van der Waals surface area contributed by atoms with Crippen molar-refractivity contribution in [2.75, 3.05) is 12.3 Å². The van der Waals surface area contributed by atoms with Gasteiger partial charge in [0.2, 0.25) is 0 Å². The van der Waals surface area contributed by atoms with Crippen molar-refractivity contribution in [2.45, 2.75) is 90.8 Å². The molecule has 35 heavy (non-hydrogen) atoms. The minimum Gasteiger partial charge on any atom is -0.352 e. The maximum Gasteiger partial charge on any atom is 0.262 e. The summed E-state index contributed by atoms with van der Waals surface area (Å²) in [4.78, 5) is 43.4.